The minimum Gasteiger partial charge on any atom is -0.493 e. The van der Waals surface area contributed by atoms with Crippen LogP contribution in [0.15, 0.2) is 12.1 Å². The second-order valence-electron chi connectivity index (χ2n) is 4.35. The summed E-state index contributed by atoms with van der Waals surface area (Å²) in [5.74, 6) is 0.727. The summed E-state index contributed by atoms with van der Waals surface area (Å²) in [6.45, 7) is 2.86. The standard InChI is InChI=1S/C13H18F3NO2/c1-9-6-11(17)7-10(2)12(9)19-5-3-4-18-8-13(14,15)16/h6-7H,3-5,8,17H2,1-2H3. The fourth-order valence-corrected chi connectivity index (χ4v) is 1.73. The molecule has 0 unspecified atom stereocenters. The van der Waals surface area contributed by atoms with Gasteiger partial charge in [0.25, 0.3) is 0 Å². The molecule has 0 bridgehead atoms. The Bertz CT molecular complexity index is 396. The van der Waals surface area contributed by atoms with Crippen molar-refractivity contribution in [3.63, 3.8) is 0 Å². The van der Waals surface area contributed by atoms with Gasteiger partial charge in [-0.05, 0) is 37.1 Å². The molecule has 0 aromatic heterocycles. The van der Waals surface area contributed by atoms with Crippen molar-refractivity contribution in [1.29, 1.82) is 0 Å². The normalized spacial score (nSPS) is 11.6. The van der Waals surface area contributed by atoms with E-state index in [1.807, 2.05) is 13.8 Å². The Kier molecular flexibility index (Phi) is 5.47. The van der Waals surface area contributed by atoms with Gasteiger partial charge in [-0.3, -0.25) is 0 Å². The summed E-state index contributed by atoms with van der Waals surface area (Å²) in [6, 6.07) is 3.59. The maximum Gasteiger partial charge on any atom is 0.411 e. The van der Waals surface area contributed by atoms with Crippen LogP contribution >= 0.6 is 0 Å². The Morgan fingerprint density at radius 3 is 2.21 bits per heavy atom. The highest BCUT2D eigenvalue weighted by molar-refractivity contribution is 5.52. The summed E-state index contributed by atoms with van der Waals surface area (Å²) >= 11 is 0. The molecule has 19 heavy (non-hydrogen) atoms. The van der Waals surface area contributed by atoms with E-state index in [9.17, 15) is 13.2 Å². The van der Waals surface area contributed by atoms with Gasteiger partial charge in [0.1, 0.15) is 12.4 Å². The highest BCUT2D eigenvalue weighted by atomic mass is 19.4. The summed E-state index contributed by atoms with van der Waals surface area (Å²) in [7, 11) is 0. The van der Waals surface area contributed by atoms with E-state index in [0.717, 1.165) is 16.9 Å². The number of benzene rings is 1. The summed E-state index contributed by atoms with van der Waals surface area (Å²) in [5.41, 5.74) is 8.17. The molecule has 0 aliphatic heterocycles. The highest BCUT2D eigenvalue weighted by Gasteiger charge is 2.27. The van der Waals surface area contributed by atoms with E-state index in [1.54, 1.807) is 12.1 Å². The maximum atomic E-state index is 11.8. The van der Waals surface area contributed by atoms with Crippen molar-refractivity contribution in [2.24, 2.45) is 0 Å². The van der Waals surface area contributed by atoms with Crippen LogP contribution in [0.2, 0.25) is 0 Å². The van der Waals surface area contributed by atoms with Crippen LogP contribution in [0.3, 0.4) is 0 Å². The molecule has 3 nitrogen and oxygen atoms in total. The van der Waals surface area contributed by atoms with Crippen LogP contribution in [0.4, 0.5) is 18.9 Å². The lowest BCUT2D eigenvalue weighted by Crippen LogP contribution is -2.18. The minimum absolute atomic E-state index is 0.0204. The van der Waals surface area contributed by atoms with Gasteiger partial charge in [0, 0.05) is 12.1 Å². The SMILES string of the molecule is Cc1cc(N)cc(C)c1OCCCOCC(F)(F)F. The van der Waals surface area contributed by atoms with Gasteiger partial charge in [0.15, 0.2) is 0 Å². The minimum atomic E-state index is -4.27. The third-order valence-corrected chi connectivity index (χ3v) is 2.43. The van der Waals surface area contributed by atoms with Crippen molar-refractivity contribution >= 4 is 5.69 Å². The van der Waals surface area contributed by atoms with Gasteiger partial charge in [-0.15, -0.1) is 0 Å². The summed E-state index contributed by atoms with van der Waals surface area (Å²) in [5, 5.41) is 0. The Morgan fingerprint density at radius 1 is 1.11 bits per heavy atom. The third-order valence-electron chi connectivity index (χ3n) is 2.43. The van der Waals surface area contributed by atoms with Crippen LogP contribution in [0.25, 0.3) is 0 Å². The van der Waals surface area contributed by atoms with Gasteiger partial charge >= 0.3 is 6.18 Å². The maximum absolute atomic E-state index is 11.8. The Labute approximate surface area is 110 Å². The van der Waals surface area contributed by atoms with Crippen LogP contribution in [0, 0.1) is 13.8 Å². The topological polar surface area (TPSA) is 44.5 Å². The number of alkyl halides is 3. The average molecular weight is 277 g/mol. The van der Waals surface area contributed by atoms with Crippen LogP contribution in [-0.2, 0) is 4.74 Å². The first-order chi connectivity index (χ1) is 8.79. The zero-order valence-corrected chi connectivity index (χ0v) is 11.0. The smallest absolute Gasteiger partial charge is 0.411 e. The molecule has 0 heterocycles. The molecule has 0 amide bonds. The van der Waals surface area contributed by atoms with Gasteiger partial charge in [-0.1, -0.05) is 0 Å². The number of nitrogens with two attached hydrogens (primary N) is 1. The van der Waals surface area contributed by atoms with E-state index in [2.05, 4.69) is 4.74 Å². The Morgan fingerprint density at radius 2 is 1.68 bits per heavy atom. The van der Waals surface area contributed by atoms with Crippen molar-refractivity contribution in [2.45, 2.75) is 26.4 Å². The Hall–Kier alpha value is -1.43. The van der Waals surface area contributed by atoms with Crippen molar-refractivity contribution in [2.75, 3.05) is 25.6 Å². The molecular weight excluding hydrogens is 259 g/mol. The molecule has 0 aliphatic carbocycles. The van der Waals surface area contributed by atoms with Crippen LogP contribution in [0.1, 0.15) is 17.5 Å². The first-order valence-electron chi connectivity index (χ1n) is 5.93. The molecule has 2 N–H and O–H groups in total. The van der Waals surface area contributed by atoms with E-state index in [0.29, 0.717) is 18.7 Å². The van der Waals surface area contributed by atoms with E-state index in [1.165, 1.54) is 0 Å². The second kappa shape index (κ2) is 6.65. The highest BCUT2D eigenvalue weighted by Crippen LogP contribution is 2.25. The number of halogens is 3. The monoisotopic (exact) mass is 277 g/mol. The molecule has 108 valence electrons. The summed E-state index contributed by atoms with van der Waals surface area (Å²) in [6.07, 6.45) is -3.87. The molecule has 0 saturated carbocycles. The largest absolute Gasteiger partial charge is 0.493 e. The predicted octanol–water partition coefficient (Wildman–Crippen LogP) is 3.23. The quantitative estimate of drug-likeness (QED) is 0.641. The predicted molar refractivity (Wildman–Crippen MR) is 67.3 cm³/mol. The van der Waals surface area contributed by atoms with Crippen LogP contribution in [0.5, 0.6) is 5.75 Å². The number of ether oxygens (including phenoxy) is 2. The van der Waals surface area contributed by atoms with E-state index in [-0.39, 0.29) is 6.61 Å². The molecule has 1 aromatic carbocycles. The molecule has 0 spiro atoms. The number of hydrogen-bond donors (Lipinski definition) is 1. The zero-order chi connectivity index (χ0) is 14.5. The summed E-state index contributed by atoms with van der Waals surface area (Å²) in [4.78, 5) is 0. The Balaban J connectivity index is 2.30. The van der Waals surface area contributed by atoms with E-state index >= 15 is 0 Å². The number of hydrogen-bond acceptors (Lipinski definition) is 3. The molecule has 6 heteroatoms. The number of nitrogen functional groups attached to an aromatic ring is 1. The number of anilines is 1. The molecule has 0 aliphatic rings. The van der Waals surface area contributed by atoms with Crippen molar-refractivity contribution in [3.05, 3.63) is 23.3 Å². The third kappa shape index (κ3) is 5.83. The van der Waals surface area contributed by atoms with Gasteiger partial charge in [-0.2, -0.15) is 13.2 Å². The van der Waals surface area contributed by atoms with Crippen molar-refractivity contribution in [3.8, 4) is 5.75 Å². The lowest BCUT2D eigenvalue weighted by atomic mass is 10.1. The summed E-state index contributed by atoms with van der Waals surface area (Å²) < 4.78 is 45.4. The van der Waals surface area contributed by atoms with E-state index < -0.39 is 12.8 Å². The van der Waals surface area contributed by atoms with Crippen molar-refractivity contribution < 1.29 is 22.6 Å². The number of aryl methyl sites for hydroxylation is 2. The first-order valence-corrected chi connectivity index (χ1v) is 5.93. The van der Waals surface area contributed by atoms with Crippen molar-refractivity contribution in [1.82, 2.24) is 0 Å². The molecule has 0 fully saturated rings. The first kappa shape index (κ1) is 15.6. The van der Waals surface area contributed by atoms with Crippen LogP contribution in [-0.4, -0.2) is 26.0 Å². The average Bonchev–Trinajstić information content (AvgIpc) is 2.24. The molecule has 0 atom stereocenters. The lowest BCUT2D eigenvalue weighted by molar-refractivity contribution is -0.174. The molecule has 1 aromatic rings. The lowest BCUT2D eigenvalue weighted by Gasteiger charge is -2.13. The molecule has 1 rings (SSSR count). The van der Waals surface area contributed by atoms with E-state index in [4.69, 9.17) is 10.5 Å². The van der Waals surface area contributed by atoms with Crippen LogP contribution < -0.4 is 10.5 Å². The van der Waals surface area contributed by atoms with Gasteiger partial charge in [0.2, 0.25) is 0 Å². The number of rotatable bonds is 6. The second-order valence-corrected chi connectivity index (χ2v) is 4.35. The molecule has 0 saturated heterocycles. The molecular formula is C13H18F3NO2. The van der Waals surface area contributed by atoms with Gasteiger partial charge < -0.3 is 15.2 Å². The molecule has 0 radical (unpaired) electrons. The van der Waals surface area contributed by atoms with Gasteiger partial charge in [-0.25, -0.2) is 0 Å². The zero-order valence-electron chi connectivity index (χ0n) is 11.0. The fraction of sp³-hybridized carbons (Fsp3) is 0.538. The van der Waals surface area contributed by atoms with Gasteiger partial charge in [0.05, 0.1) is 13.2 Å². The fourth-order valence-electron chi connectivity index (χ4n) is 1.73.